The van der Waals surface area contributed by atoms with Crippen LogP contribution in [0.3, 0.4) is 0 Å². The van der Waals surface area contributed by atoms with Crippen LogP contribution in [0.25, 0.3) is 0 Å². The van der Waals surface area contributed by atoms with E-state index in [2.05, 4.69) is 51.7 Å². The molecular weight excluding hydrogens is 368 g/mol. The van der Waals surface area contributed by atoms with E-state index in [0.29, 0.717) is 5.69 Å². The molecule has 0 aliphatic heterocycles. The topological polar surface area (TPSA) is 50.4 Å². The highest BCUT2D eigenvalue weighted by Gasteiger charge is 2.16. The standard InChI is InChI=1S/C19H23BrN2O2/c1-13-5-6-14(17(20)11-13)12-21-15-7-9-16(10-8-15)22-18(23)24-19(2,3)4/h5-11,21H,12H2,1-4H3,(H,22,23). The van der Waals surface area contributed by atoms with Gasteiger partial charge in [-0.2, -0.15) is 0 Å². The molecular formula is C19H23BrN2O2. The van der Waals surface area contributed by atoms with Gasteiger partial charge < -0.3 is 10.1 Å². The zero-order valence-corrected chi connectivity index (χ0v) is 16.0. The van der Waals surface area contributed by atoms with Crippen LogP contribution in [0.15, 0.2) is 46.9 Å². The Morgan fingerprint density at radius 1 is 1.08 bits per heavy atom. The number of hydrogen-bond donors (Lipinski definition) is 2. The lowest BCUT2D eigenvalue weighted by atomic mass is 10.1. The minimum absolute atomic E-state index is 0.452. The third-order valence-electron chi connectivity index (χ3n) is 3.22. The third kappa shape index (κ3) is 5.89. The summed E-state index contributed by atoms with van der Waals surface area (Å²) >= 11 is 3.58. The molecule has 128 valence electrons. The minimum atomic E-state index is -0.507. The highest BCUT2D eigenvalue weighted by atomic mass is 79.9. The van der Waals surface area contributed by atoms with Crippen molar-refractivity contribution in [3.63, 3.8) is 0 Å². The molecule has 0 saturated carbocycles. The van der Waals surface area contributed by atoms with E-state index in [-0.39, 0.29) is 0 Å². The van der Waals surface area contributed by atoms with Gasteiger partial charge in [-0.15, -0.1) is 0 Å². The van der Waals surface area contributed by atoms with Gasteiger partial charge in [0.05, 0.1) is 0 Å². The lowest BCUT2D eigenvalue weighted by molar-refractivity contribution is 0.0636. The molecule has 2 rings (SSSR count). The first-order valence-electron chi connectivity index (χ1n) is 7.82. The Morgan fingerprint density at radius 3 is 2.29 bits per heavy atom. The van der Waals surface area contributed by atoms with Gasteiger partial charge in [-0.1, -0.05) is 28.1 Å². The molecule has 0 heterocycles. The van der Waals surface area contributed by atoms with E-state index >= 15 is 0 Å². The summed E-state index contributed by atoms with van der Waals surface area (Å²) in [5.74, 6) is 0. The predicted molar refractivity (Wildman–Crippen MR) is 103 cm³/mol. The van der Waals surface area contributed by atoms with Crippen LogP contribution < -0.4 is 10.6 Å². The zero-order valence-electron chi connectivity index (χ0n) is 14.4. The SMILES string of the molecule is Cc1ccc(CNc2ccc(NC(=O)OC(C)(C)C)cc2)c(Br)c1. The van der Waals surface area contributed by atoms with E-state index in [1.165, 1.54) is 11.1 Å². The van der Waals surface area contributed by atoms with Crippen LogP contribution in [0.1, 0.15) is 31.9 Å². The summed E-state index contributed by atoms with van der Waals surface area (Å²) in [4.78, 5) is 11.7. The Hall–Kier alpha value is -2.01. The maximum absolute atomic E-state index is 11.7. The molecule has 0 radical (unpaired) electrons. The van der Waals surface area contributed by atoms with Crippen molar-refractivity contribution >= 4 is 33.4 Å². The summed E-state index contributed by atoms with van der Waals surface area (Å²) in [6, 6.07) is 13.8. The Bertz CT molecular complexity index is 706. The quantitative estimate of drug-likeness (QED) is 0.701. The maximum Gasteiger partial charge on any atom is 0.412 e. The van der Waals surface area contributed by atoms with Crippen molar-refractivity contribution in [3.05, 3.63) is 58.1 Å². The summed E-state index contributed by atoms with van der Waals surface area (Å²) in [5.41, 5.74) is 3.59. The van der Waals surface area contributed by atoms with Crippen LogP contribution in [-0.2, 0) is 11.3 Å². The first-order valence-corrected chi connectivity index (χ1v) is 8.61. The fourth-order valence-electron chi connectivity index (χ4n) is 2.09. The molecule has 0 spiro atoms. The molecule has 24 heavy (non-hydrogen) atoms. The van der Waals surface area contributed by atoms with Gasteiger partial charge in [-0.25, -0.2) is 4.79 Å². The second kappa shape index (κ2) is 7.71. The van der Waals surface area contributed by atoms with Crippen molar-refractivity contribution in [1.29, 1.82) is 0 Å². The molecule has 0 unspecified atom stereocenters. The van der Waals surface area contributed by atoms with Gasteiger partial charge in [-0.3, -0.25) is 5.32 Å². The Labute approximate surface area is 151 Å². The van der Waals surface area contributed by atoms with E-state index in [1.807, 2.05) is 45.0 Å². The van der Waals surface area contributed by atoms with E-state index < -0.39 is 11.7 Å². The van der Waals surface area contributed by atoms with Crippen LogP contribution in [0.4, 0.5) is 16.2 Å². The molecule has 0 fully saturated rings. The fraction of sp³-hybridized carbons (Fsp3) is 0.316. The van der Waals surface area contributed by atoms with Crippen molar-refractivity contribution < 1.29 is 9.53 Å². The first kappa shape index (κ1) is 18.3. The van der Waals surface area contributed by atoms with Gasteiger partial charge in [0, 0.05) is 22.4 Å². The smallest absolute Gasteiger partial charge is 0.412 e. The second-order valence-corrected chi connectivity index (χ2v) is 7.51. The van der Waals surface area contributed by atoms with Gasteiger partial charge in [-0.05, 0) is 69.2 Å². The van der Waals surface area contributed by atoms with Crippen LogP contribution in [0, 0.1) is 6.92 Å². The molecule has 0 aliphatic rings. The maximum atomic E-state index is 11.7. The summed E-state index contributed by atoms with van der Waals surface area (Å²) in [6.07, 6.45) is -0.452. The van der Waals surface area contributed by atoms with Crippen LogP contribution in [0.5, 0.6) is 0 Å². The molecule has 0 aromatic heterocycles. The Kier molecular flexibility index (Phi) is 5.89. The number of ether oxygens (including phenoxy) is 1. The van der Waals surface area contributed by atoms with Gasteiger partial charge >= 0.3 is 6.09 Å². The third-order valence-corrected chi connectivity index (χ3v) is 3.96. The molecule has 2 N–H and O–H groups in total. The number of aryl methyl sites for hydroxylation is 1. The lowest BCUT2D eigenvalue weighted by Gasteiger charge is -2.19. The van der Waals surface area contributed by atoms with Crippen molar-refractivity contribution in [2.24, 2.45) is 0 Å². The van der Waals surface area contributed by atoms with Gasteiger partial charge in [0.2, 0.25) is 0 Å². The number of carbonyl (C=O) groups excluding carboxylic acids is 1. The van der Waals surface area contributed by atoms with Crippen molar-refractivity contribution in [3.8, 4) is 0 Å². The number of carbonyl (C=O) groups is 1. The first-order chi connectivity index (χ1) is 11.2. The van der Waals surface area contributed by atoms with Crippen molar-refractivity contribution in [2.75, 3.05) is 10.6 Å². The molecule has 4 nitrogen and oxygen atoms in total. The van der Waals surface area contributed by atoms with Gasteiger partial charge in [0.15, 0.2) is 0 Å². The molecule has 2 aromatic rings. The fourth-order valence-corrected chi connectivity index (χ4v) is 2.72. The summed E-state index contributed by atoms with van der Waals surface area (Å²) in [5, 5.41) is 6.08. The van der Waals surface area contributed by atoms with Crippen LogP contribution in [-0.4, -0.2) is 11.7 Å². The molecule has 0 bridgehead atoms. The highest BCUT2D eigenvalue weighted by Crippen LogP contribution is 2.21. The highest BCUT2D eigenvalue weighted by molar-refractivity contribution is 9.10. The van der Waals surface area contributed by atoms with E-state index in [1.54, 1.807) is 0 Å². The second-order valence-electron chi connectivity index (χ2n) is 6.65. The van der Waals surface area contributed by atoms with Crippen LogP contribution in [0.2, 0.25) is 0 Å². The Morgan fingerprint density at radius 2 is 1.71 bits per heavy atom. The summed E-state index contributed by atoms with van der Waals surface area (Å²) < 4.78 is 6.32. The van der Waals surface area contributed by atoms with Crippen LogP contribution >= 0.6 is 15.9 Å². The number of halogens is 1. The number of hydrogen-bond acceptors (Lipinski definition) is 3. The molecule has 2 aromatic carbocycles. The number of rotatable bonds is 4. The predicted octanol–water partition coefficient (Wildman–Crippen LogP) is 5.72. The normalized spacial score (nSPS) is 11.0. The molecule has 5 heteroatoms. The largest absolute Gasteiger partial charge is 0.444 e. The number of nitrogens with one attached hydrogen (secondary N) is 2. The summed E-state index contributed by atoms with van der Waals surface area (Å²) in [6.45, 7) is 8.30. The molecule has 0 atom stereocenters. The lowest BCUT2D eigenvalue weighted by Crippen LogP contribution is -2.27. The van der Waals surface area contributed by atoms with Gasteiger partial charge in [0.1, 0.15) is 5.60 Å². The Balaban J connectivity index is 1.91. The summed E-state index contributed by atoms with van der Waals surface area (Å²) in [7, 11) is 0. The number of benzene rings is 2. The molecule has 0 aliphatic carbocycles. The monoisotopic (exact) mass is 390 g/mol. The minimum Gasteiger partial charge on any atom is -0.444 e. The number of anilines is 2. The molecule has 0 saturated heterocycles. The average molecular weight is 391 g/mol. The van der Waals surface area contributed by atoms with E-state index in [9.17, 15) is 4.79 Å². The number of amides is 1. The average Bonchev–Trinajstić information content (AvgIpc) is 2.46. The van der Waals surface area contributed by atoms with E-state index in [4.69, 9.17) is 4.74 Å². The van der Waals surface area contributed by atoms with Crippen molar-refractivity contribution in [2.45, 2.75) is 39.8 Å². The van der Waals surface area contributed by atoms with Gasteiger partial charge in [0.25, 0.3) is 0 Å². The van der Waals surface area contributed by atoms with Crippen molar-refractivity contribution in [1.82, 2.24) is 0 Å². The molecule has 1 amide bonds. The zero-order chi connectivity index (χ0) is 17.7. The van der Waals surface area contributed by atoms with E-state index in [0.717, 1.165) is 16.7 Å².